The van der Waals surface area contributed by atoms with Gasteiger partial charge in [-0.15, -0.1) is 0 Å². The average Bonchev–Trinajstić information content (AvgIpc) is 2.25. The second-order valence-corrected chi connectivity index (χ2v) is 3.26. The van der Waals surface area contributed by atoms with E-state index < -0.39 is 5.97 Å². The number of hydrogen-bond donors (Lipinski definition) is 3. The molecule has 0 aliphatic carbocycles. The van der Waals surface area contributed by atoms with Crippen molar-refractivity contribution in [3.8, 4) is 0 Å². The zero-order chi connectivity index (χ0) is 12.1. The van der Waals surface area contributed by atoms with Gasteiger partial charge in [-0.05, 0) is 18.2 Å². The number of hydrazine groups is 1. The summed E-state index contributed by atoms with van der Waals surface area (Å²) in [7, 11) is 1.57. The van der Waals surface area contributed by atoms with Gasteiger partial charge in [0, 0.05) is 7.11 Å². The molecule has 0 aliphatic heterocycles. The number of carboxylic acid groups (broad SMARTS) is 1. The van der Waals surface area contributed by atoms with E-state index >= 15 is 0 Å². The highest BCUT2D eigenvalue weighted by molar-refractivity contribution is 5.90. The van der Waals surface area contributed by atoms with E-state index in [1.54, 1.807) is 13.2 Å². The number of anilines is 2. The van der Waals surface area contributed by atoms with Crippen molar-refractivity contribution in [2.45, 2.75) is 0 Å². The summed E-state index contributed by atoms with van der Waals surface area (Å²) >= 11 is 0. The van der Waals surface area contributed by atoms with Gasteiger partial charge in [0.25, 0.3) is 0 Å². The molecule has 0 atom stereocenters. The first-order valence-electron chi connectivity index (χ1n) is 4.70. The highest BCUT2D eigenvalue weighted by atomic mass is 16.5. The Morgan fingerprint density at radius 3 is 2.75 bits per heavy atom. The van der Waals surface area contributed by atoms with Crippen molar-refractivity contribution in [3.63, 3.8) is 0 Å². The molecule has 0 heterocycles. The lowest BCUT2D eigenvalue weighted by atomic mass is 10.1. The first-order chi connectivity index (χ1) is 7.56. The summed E-state index contributed by atoms with van der Waals surface area (Å²) in [5.74, 6) is 4.72. The SMILES string of the molecule is COCCN(N)c1ccc(C(=O)O)cc1N. The molecule has 0 aromatic heterocycles. The standard InChI is InChI=1S/C10H15N3O3/c1-16-5-4-13(12)9-3-2-7(10(14)15)6-8(9)11/h2-3,6H,4-5,11-12H2,1H3,(H,14,15). The Morgan fingerprint density at radius 2 is 2.25 bits per heavy atom. The third kappa shape index (κ3) is 2.85. The molecular weight excluding hydrogens is 210 g/mol. The molecule has 0 spiro atoms. The summed E-state index contributed by atoms with van der Waals surface area (Å²) in [6, 6.07) is 4.42. The highest BCUT2D eigenvalue weighted by Gasteiger charge is 2.09. The van der Waals surface area contributed by atoms with Crippen LogP contribution in [-0.2, 0) is 4.74 Å². The number of nitrogens with zero attached hydrogens (tertiary/aromatic N) is 1. The Balaban J connectivity index is 2.85. The number of carbonyl (C=O) groups is 1. The quantitative estimate of drug-likeness (QED) is 0.378. The van der Waals surface area contributed by atoms with Crippen LogP contribution >= 0.6 is 0 Å². The van der Waals surface area contributed by atoms with Gasteiger partial charge in [-0.3, -0.25) is 0 Å². The van der Waals surface area contributed by atoms with Crippen LogP contribution in [0.2, 0.25) is 0 Å². The topological polar surface area (TPSA) is 102 Å². The molecule has 6 nitrogen and oxygen atoms in total. The van der Waals surface area contributed by atoms with Crippen LogP contribution in [0.15, 0.2) is 18.2 Å². The van der Waals surface area contributed by atoms with Crippen LogP contribution in [0.5, 0.6) is 0 Å². The normalized spacial score (nSPS) is 10.1. The zero-order valence-electron chi connectivity index (χ0n) is 9.01. The average molecular weight is 225 g/mol. The van der Waals surface area contributed by atoms with Gasteiger partial charge in [0.05, 0.1) is 30.1 Å². The Hall–Kier alpha value is -1.79. The lowest BCUT2D eigenvalue weighted by Gasteiger charge is -2.20. The fourth-order valence-electron chi connectivity index (χ4n) is 1.26. The third-order valence-corrected chi connectivity index (χ3v) is 2.12. The number of nitrogens with two attached hydrogens (primary N) is 2. The molecular formula is C10H15N3O3. The minimum atomic E-state index is -1.02. The molecule has 0 saturated heterocycles. The van der Waals surface area contributed by atoms with E-state index in [-0.39, 0.29) is 5.56 Å². The summed E-state index contributed by atoms with van der Waals surface area (Å²) in [5.41, 5.74) is 6.76. The summed E-state index contributed by atoms with van der Waals surface area (Å²) in [6.07, 6.45) is 0. The number of nitrogen functional groups attached to an aromatic ring is 1. The monoisotopic (exact) mass is 225 g/mol. The number of benzene rings is 1. The molecule has 0 bridgehead atoms. The second kappa shape index (κ2) is 5.34. The van der Waals surface area contributed by atoms with E-state index in [9.17, 15) is 4.79 Å². The molecule has 5 N–H and O–H groups in total. The van der Waals surface area contributed by atoms with Crippen LogP contribution in [0.4, 0.5) is 11.4 Å². The van der Waals surface area contributed by atoms with Crippen LogP contribution in [0.1, 0.15) is 10.4 Å². The van der Waals surface area contributed by atoms with Crippen LogP contribution in [0.3, 0.4) is 0 Å². The largest absolute Gasteiger partial charge is 0.478 e. The predicted molar refractivity (Wildman–Crippen MR) is 61.2 cm³/mol. The maximum atomic E-state index is 10.7. The lowest BCUT2D eigenvalue weighted by Crippen LogP contribution is -2.34. The summed E-state index contributed by atoms with van der Waals surface area (Å²) in [4.78, 5) is 10.7. The number of aromatic carboxylic acids is 1. The van der Waals surface area contributed by atoms with Crippen LogP contribution < -0.4 is 16.6 Å². The molecule has 88 valence electrons. The Kier molecular flexibility index (Phi) is 4.10. The Morgan fingerprint density at radius 1 is 1.56 bits per heavy atom. The molecule has 1 rings (SSSR count). The molecule has 0 saturated carbocycles. The van der Waals surface area contributed by atoms with E-state index in [2.05, 4.69) is 0 Å². The van der Waals surface area contributed by atoms with Gasteiger partial charge in [-0.2, -0.15) is 0 Å². The summed E-state index contributed by atoms with van der Waals surface area (Å²) in [6.45, 7) is 0.948. The van der Waals surface area contributed by atoms with Crippen molar-refractivity contribution in [2.75, 3.05) is 31.0 Å². The maximum absolute atomic E-state index is 10.7. The predicted octanol–water partition coefficient (Wildman–Crippen LogP) is 0.293. The van der Waals surface area contributed by atoms with Gasteiger partial charge in [-0.25, -0.2) is 10.6 Å². The molecule has 0 aliphatic rings. The third-order valence-electron chi connectivity index (χ3n) is 2.12. The van der Waals surface area contributed by atoms with E-state index in [1.807, 2.05) is 0 Å². The first-order valence-corrected chi connectivity index (χ1v) is 4.70. The zero-order valence-corrected chi connectivity index (χ0v) is 9.01. The molecule has 0 unspecified atom stereocenters. The van der Waals surface area contributed by atoms with Gasteiger partial charge in [0.1, 0.15) is 0 Å². The molecule has 0 fully saturated rings. The summed E-state index contributed by atoms with van der Waals surface area (Å²) in [5, 5.41) is 10.2. The Labute approximate surface area is 93.4 Å². The van der Waals surface area contributed by atoms with E-state index in [4.69, 9.17) is 21.4 Å². The fourth-order valence-corrected chi connectivity index (χ4v) is 1.26. The van der Waals surface area contributed by atoms with Gasteiger partial charge in [0.2, 0.25) is 0 Å². The number of methoxy groups -OCH3 is 1. The molecule has 6 heteroatoms. The number of rotatable bonds is 5. The summed E-state index contributed by atoms with van der Waals surface area (Å²) < 4.78 is 4.88. The second-order valence-electron chi connectivity index (χ2n) is 3.26. The lowest BCUT2D eigenvalue weighted by molar-refractivity contribution is 0.0697. The minimum Gasteiger partial charge on any atom is -0.478 e. The van der Waals surface area contributed by atoms with Gasteiger partial charge in [-0.1, -0.05) is 0 Å². The molecule has 1 aromatic carbocycles. The first kappa shape index (κ1) is 12.3. The van der Waals surface area contributed by atoms with Gasteiger partial charge in [0.15, 0.2) is 0 Å². The fraction of sp³-hybridized carbons (Fsp3) is 0.300. The Bertz CT molecular complexity index is 382. The van der Waals surface area contributed by atoms with E-state index in [0.717, 1.165) is 0 Å². The van der Waals surface area contributed by atoms with Crippen molar-refractivity contribution in [2.24, 2.45) is 5.84 Å². The van der Waals surface area contributed by atoms with Crippen LogP contribution in [0.25, 0.3) is 0 Å². The number of carboxylic acids is 1. The minimum absolute atomic E-state index is 0.140. The van der Waals surface area contributed by atoms with Crippen molar-refractivity contribution < 1.29 is 14.6 Å². The number of hydrogen-bond acceptors (Lipinski definition) is 5. The van der Waals surface area contributed by atoms with Gasteiger partial charge < -0.3 is 20.6 Å². The van der Waals surface area contributed by atoms with Crippen molar-refractivity contribution in [3.05, 3.63) is 23.8 Å². The molecule has 1 aromatic rings. The maximum Gasteiger partial charge on any atom is 0.335 e. The van der Waals surface area contributed by atoms with E-state index in [1.165, 1.54) is 17.1 Å². The van der Waals surface area contributed by atoms with Crippen molar-refractivity contribution in [1.29, 1.82) is 0 Å². The molecule has 0 amide bonds. The highest BCUT2D eigenvalue weighted by Crippen LogP contribution is 2.22. The number of ether oxygens (including phenoxy) is 1. The smallest absolute Gasteiger partial charge is 0.335 e. The van der Waals surface area contributed by atoms with Crippen LogP contribution in [-0.4, -0.2) is 31.3 Å². The van der Waals surface area contributed by atoms with E-state index in [0.29, 0.717) is 24.5 Å². The van der Waals surface area contributed by atoms with Gasteiger partial charge >= 0.3 is 5.97 Å². The molecule has 0 radical (unpaired) electrons. The van der Waals surface area contributed by atoms with Crippen LogP contribution in [0, 0.1) is 0 Å². The van der Waals surface area contributed by atoms with Crippen molar-refractivity contribution in [1.82, 2.24) is 0 Å². The van der Waals surface area contributed by atoms with Crippen molar-refractivity contribution >= 4 is 17.3 Å². The molecule has 16 heavy (non-hydrogen) atoms.